The molecule has 6 nitrogen and oxygen atoms in total. The summed E-state index contributed by atoms with van der Waals surface area (Å²) in [6, 6.07) is 1.72. The van der Waals surface area contributed by atoms with E-state index >= 15 is 0 Å². The molecule has 0 fully saturated rings. The zero-order chi connectivity index (χ0) is 28.6. The van der Waals surface area contributed by atoms with Crippen molar-refractivity contribution in [1.82, 2.24) is 0 Å². The number of hydrogen-bond acceptors (Lipinski definition) is 8. The van der Waals surface area contributed by atoms with Crippen LogP contribution in [-0.2, 0) is 26.6 Å². The van der Waals surface area contributed by atoms with Crippen LogP contribution >= 0.6 is 17.9 Å². The van der Waals surface area contributed by atoms with Crippen molar-refractivity contribution in [3.05, 3.63) is 0 Å². The third-order valence-electron chi connectivity index (χ3n) is 6.10. The van der Waals surface area contributed by atoms with Crippen molar-refractivity contribution in [2.45, 2.75) is 104 Å². The molecule has 0 saturated heterocycles. The Morgan fingerprint density at radius 1 is 0.486 bits per heavy atom. The molecule has 0 aromatic carbocycles. The van der Waals surface area contributed by atoms with Crippen molar-refractivity contribution >= 4 is 51.1 Å². The van der Waals surface area contributed by atoms with Gasteiger partial charge in [0.25, 0.3) is 0 Å². The van der Waals surface area contributed by atoms with E-state index in [1.54, 1.807) is 0 Å². The van der Waals surface area contributed by atoms with E-state index in [0.29, 0.717) is 39.6 Å². The number of rotatable bonds is 24. The fourth-order valence-electron chi connectivity index (χ4n) is 4.50. The van der Waals surface area contributed by atoms with E-state index in [9.17, 15) is 0 Å². The van der Waals surface area contributed by atoms with Crippen molar-refractivity contribution in [2.24, 2.45) is 10.8 Å². The van der Waals surface area contributed by atoms with Crippen molar-refractivity contribution in [3.63, 3.8) is 0 Å². The van der Waals surface area contributed by atoms with Crippen LogP contribution in [0.15, 0.2) is 0 Å². The van der Waals surface area contributed by atoms with Crippen LogP contribution in [-0.4, -0.2) is 84.4 Å². The molecule has 11 heteroatoms. The van der Waals surface area contributed by atoms with Gasteiger partial charge in [-0.15, -0.1) is 0 Å². The molecule has 0 rings (SSSR count). The van der Waals surface area contributed by atoms with Crippen molar-refractivity contribution in [1.29, 1.82) is 0 Å². The van der Waals surface area contributed by atoms with Crippen molar-refractivity contribution < 1.29 is 26.6 Å². The molecule has 0 aromatic heterocycles. The monoisotopic (exact) mass is 708 g/mol. The minimum atomic E-state index is -2.68. The van der Waals surface area contributed by atoms with Gasteiger partial charge in [0.1, 0.15) is 0 Å². The Balaban J connectivity index is 5.53. The van der Waals surface area contributed by atoms with E-state index in [-0.39, 0.29) is 10.8 Å². The molecule has 0 amide bonds. The molecular weight excluding hydrogens is 647 g/mol. The van der Waals surface area contributed by atoms with Gasteiger partial charge >= 0.3 is 244 Å². The van der Waals surface area contributed by atoms with Gasteiger partial charge in [-0.3, -0.25) is 0 Å². The molecule has 0 aliphatic rings. The summed E-state index contributed by atoms with van der Waals surface area (Å²) in [5.41, 5.74) is 0.167. The first kappa shape index (κ1) is 38.7. The standard InChI is InChI=1S/2C11H26O3SSi.2C2H5.Sn/c2*1-6-12-16(13-7-2,14-8-3)10-11(4,5)9-15;2*1-2;/h2*15H,6-10H2,1-5H3;2*1H2,2H3;/q;;;;+2/p-2. The average molecular weight is 708 g/mol. The Morgan fingerprint density at radius 3 is 0.919 bits per heavy atom. The molecular formula is C26H60O6S2Si2Sn. The van der Waals surface area contributed by atoms with E-state index in [4.69, 9.17) is 26.6 Å². The summed E-state index contributed by atoms with van der Waals surface area (Å²) < 4.78 is 39.8. The fourth-order valence-corrected chi connectivity index (χ4v) is 38.0. The maximum absolute atomic E-state index is 6.19. The average Bonchev–Trinajstić information content (AvgIpc) is 2.80. The van der Waals surface area contributed by atoms with E-state index in [2.05, 4.69) is 59.4 Å². The van der Waals surface area contributed by atoms with Crippen molar-refractivity contribution in [3.8, 4) is 0 Å². The third kappa shape index (κ3) is 14.4. The zero-order valence-electron chi connectivity index (χ0n) is 26.3. The third-order valence-corrected chi connectivity index (χ3v) is 46.3. The number of hydrogen-bond donors (Lipinski definition) is 0. The van der Waals surface area contributed by atoms with Gasteiger partial charge in [0.15, 0.2) is 0 Å². The SMILES string of the molecule is CCO[Si](CC(C)(C)C[S][Sn]([CH2]C)([CH2]C)[S]CC(C)(C)C[Si](OCC)(OCC)OCC)(OCC)OCC. The normalized spacial score (nSPS) is 13.9. The first-order valence-corrected chi connectivity index (χ1v) is 31.3. The van der Waals surface area contributed by atoms with Crippen molar-refractivity contribution in [2.75, 3.05) is 51.1 Å². The Kier molecular flexibility index (Phi) is 19.9. The van der Waals surface area contributed by atoms with Gasteiger partial charge in [0.05, 0.1) is 0 Å². The second kappa shape index (κ2) is 19.0. The molecule has 0 bridgehead atoms. The minimum absolute atomic E-state index is 0.0833. The Labute approximate surface area is 242 Å². The fraction of sp³-hybridized carbons (Fsp3) is 1.00. The molecule has 0 saturated carbocycles. The topological polar surface area (TPSA) is 55.4 Å². The van der Waals surface area contributed by atoms with E-state index < -0.39 is 33.2 Å². The van der Waals surface area contributed by atoms with Gasteiger partial charge in [-0.25, -0.2) is 0 Å². The second-order valence-electron chi connectivity index (χ2n) is 10.8. The summed E-state index contributed by atoms with van der Waals surface area (Å²) in [5.74, 6) is 2.24. The summed E-state index contributed by atoms with van der Waals surface area (Å²) in [5, 5.41) is 0. The van der Waals surface area contributed by atoms with Gasteiger partial charge in [0, 0.05) is 0 Å². The van der Waals surface area contributed by atoms with Crippen LogP contribution in [0.4, 0.5) is 0 Å². The van der Waals surface area contributed by atoms with Crippen LogP contribution in [0.25, 0.3) is 0 Å². The summed E-state index contributed by atoms with van der Waals surface area (Å²) in [7, 11) is -0.748. The predicted octanol–water partition coefficient (Wildman–Crippen LogP) is 8.08. The molecule has 0 radical (unpaired) electrons. The Bertz CT molecular complexity index is 517. The summed E-state index contributed by atoms with van der Waals surface area (Å²) in [6.07, 6.45) is 0. The van der Waals surface area contributed by atoms with Crippen LogP contribution in [0.5, 0.6) is 0 Å². The Hall–Kier alpha value is 1.69. The molecule has 0 aliphatic carbocycles. The van der Waals surface area contributed by atoms with Crippen LogP contribution in [0.2, 0.25) is 21.0 Å². The van der Waals surface area contributed by atoms with Crippen LogP contribution < -0.4 is 0 Å². The Morgan fingerprint density at radius 2 is 0.730 bits per heavy atom. The molecule has 0 aromatic rings. The first-order chi connectivity index (χ1) is 17.3. The van der Waals surface area contributed by atoms with E-state index in [1.807, 2.05) is 41.5 Å². The molecule has 0 N–H and O–H groups in total. The second-order valence-corrected chi connectivity index (χ2v) is 43.6. The van der Waals surface area contributed by atoms with Gasteiger partial charge in [-0.2, -0.15) is 0 Å². The molecule has 0 aliphatic heterocycles. The molecule has 224 valence electrons. The van der Waals surface area contributed by atoms with Gasteiger partial charge in [0.2, 0.25) is 0 Å². The predicted molar refractivity (Wildman–Crippen MR) is 170 cm³/mol. The maximum atomic E-state index is 6.19. The molecule has 0 spiro atoms. The van der Waals surface area contributed by atoms with Crippen LogP contribution in [0.1, 0.15) is 83.1 Å². The first-order valence-electron chi connectivity index (χ1n) is 14.4. The molecule has 0 atom stereocenters. The quantitative estimate of drug-likeness (QED) is 0.0935. The summed E-state index contributed by atoms with van der Waals surface area (Å²) in [4.78, 5) is 0. The van der Waals surface area contributed by atoms with Crippen LogP contribution in [0, 0.1) is 10.8 Å². The van der Waals surface area contributed by atoms with E-state index in [1.165, 1.54) is 8.87 Å². The molecule has 0 unspecified atom stereocenters. The van der Waals surface area contributed by atoms with Gasteiger partial charge in [-0.1, -0.05) is 0 Å². The molecule has 37 heavy (non-hydrogen) atoms. The molecule has 0 heterocycles. The summed E-state index contributed by atoms with van der Waals surface area (Å²) in [6.45, 7) is 30.3. The summed E-state index contributed by atoms with van der Waals surface area (Å²) >= 11 is -2.50. The van der Waals surface area contributed by atoms with E-state index in [0.717, 1.165) is 23.6 Å². The van der Waals surface area contributed by atoms with Gasteiger partial charge in [-0.05, 0) is 0 Å². The van der Waals surface area contributed by atoms with Crippen LogP contribution in [0.3, 0.4) is 0 Å². The zero-order valence-corrected chi connectivity index (χ0v) is 32.7. The van der Waals surface area contributed by atoms with Gasteiger partial charge < -0.3 is 0 Å².